The fourth-order valence-corrected chi connectivity index (χ4v) is 0.204. The van der Waals surface area contributed by atoms with Crippen LogP contribution in [0.5, 0.6) is 0 Å². The second kappa shape index (κ2) is 4.27. The Morgan fingerprint density at radius 3 is 2.60 bits per heavy atom. The molecule has 5 heavy (non-hydrogen) atoms. The van der Waals surface area contributed by atoms with Crippen LogP contribution in [0.25, 0.3) is 0 Å². The number of hydrogen-bond acceptors (Lipinski definition) is 3. The molecule has 0 heterocycles. The molecular weight excluding hydrogens is 86.1 g/mol. The third kappa shape index (κ3) is 4.27. The molecule has 0 rings (SSSR count). The van der Waals surface area contributed by atoms with E-state index < -0.39 is 0 Å². The Hall–Kier alpha value is 0.270. The predicted molar refractivity (Wildman–Crippen MR) is 23.7 cm³/mol. The Bertz CT molecular complexity index is 17.1. The Kier molecular flexibility index (Phi) is 4.50. The van der Waals surface area contributed by atoms with E-state index in [4.69, 9.17) is 5.73 Å². The van der Waals surface area contributed by atoms with Gasteiger partial charge < -0.3 is 9.92 Å². The zero-order valence-electron chi connectivity index (χ0n) is 3.10. The summed E-state index contributed by atoms with van der Waals surface area (Å²) in [5, 5.41) is 0. The molecule has 0 aromatic carbocycles. The summed E-state index contributed by atoms with van der Waals surface area (Å²) in [5.41, 5.74) is 4.98. The van der Waals surface area contributed by atoms with Gasteiger partial charge in [0.05, 0.1) is 13.0 Å². The Balaban J connectivity index is 2.19. The lowest BCUT2D eigenvalue weighted by molar-refractivity contribution is 0.490. The number of nitrogens with two attached hydrogens (primary N) is 1. The van der Waals surface area contributed by atoms with Crippen molar-refractivity contribution in [3.05, 3.63) is 0 Å². The van der Waals surface area contributed by atoms with Crippen molar-refractivity contribution >= 4 is 12.0 Å². The molecule has 0 saturated heterocycles. The highest BCUT2D eigenvalue weighted by Gasteiger charge is 1.66. The van der Waals surface area contributed by atoms with Crippen molar-refractivity contribution in [1.29, 1.82) is 0 Å². The topological polar surface area (TPSA) is 35.2 Å². The highest BCUT2D eigenvalue weighted by Crippen LogP contribution is 1.89. The minimum atomic E-state index is 0.538. The second-order valence-corrected chi connectivity index (χ2v) is 1.35. The van der Waals surface area contributed by atoms with Gasteiger partial charge in [-0.25, -0.2) is 0 Å². The molecule has 0 spiro atoms. The van der Waals surface area contributed by atoms with Gasteiger partial charge in [-0.15, -0.1) is 0 Å². The first kappa shape index (κ1) is 5.27. The van der Waals surface area contributed by atoms with E-state index >= 15 is 0 Å². The third-order valence-corrected chi connectivity index (χ3v) is 0.558. The fourth-order valence-electron chi connectivity index (χ4n) is 0.0680. The summed E-state index contributed by atoms with van der Waals surface area (Å²) >= 11 is 1.24. The highest BCUT2D eigenvalue weighted by atomic mass is 32.2. The molecule has 0 aliphatic heterocycles. The molecule has 0 radical (unpaired) electrons. The van der Waals surface area contributed by atoms with Gasteiger partial charge in [-0.1, -0.05) is 0 Å². The van der Waals surface area contributed by atoms with Gasteiger partial charge in [-0.2, -0.15) is 0 Å². The number of rotatable bonds is 2. The summed E-state index contributed by atoms with van der Waals surface area (Å²) in [6.45, 7) is 0. The first-order valence-corrected chi connectivity index (χ1v) is 2.18. The first-order chi connectivity index (χ1) is 2.41. The van der Waals surface area contributed by atoms with Gasteiger partial charge in [0.2, 0.25) is 0 Å². The molecule has 0 aliphatic carbocycles. The summed E-state index contributed by atoms with van der Waals surface area (Å²) in [7, 11) is 1.59. The molecule has 3 heteroatoms. The standard InChI is InChI=1S/C2H7NOS/c1-4-5-2-3/h2-3H2,1H3. The first-order valence-electron chi connectivity index (χ1n) is 1.27. The van der Waals surface area contributed by atoms with Crippen LogP contribution in [0.3, 0.4) is 0 Å². The van der Waals surface area contributed by atoms with E-state index in [0.717, 1.165) is 0 Å². The minimum Gasteiger partial charge on any atom is -0.320 e. The van der Waals surface area contributed by atoms with Crippen molar-refractivity contribution in [3.63, 3.8) is 0 Å². The fraction of sp³-hybridized carbons (Fsp3) is 1.00. The van der Waals surface area contributed by atoms with Crippen LogP contribution in [-0.4, -0.2) is 13.0 Å². The van der Waals surface area contributed by atoms with E-state index in [1.54, 1.807) is 7.11 Å². The van der Waals surface area contributed by atoms with Gasteiger partial charge in [-0.05, 0) is 0 Å². The predicted octanol–water partition coefficient (Wildman–Crippen LogP) is 0.197. The average Bonchev–Trinajstić information content (AvgIpc) is 1.41. The Morgan fingerprint density at radius 2 is 2.60 bits per heavy atom. The molecule has 0 unspecified atom stereocenters. The lowest BCUT2D eigenvalue weighted by Crippen LogP contribution is -1.90. The molecule has 0 aliphatic rings. The maximum atomic E-state index is 4.98. The summed E-state index contributed by atoms with van der Waals surface area (Å²) in [6, 6.07) is 0. The van der Waals surface area contributed by atoms with Gasteiger partial charge >= 0.3 is 0 Å². The van der Waals surface area contributed by atoms with Crippen LogP contribution in [0, 0.1) is 0 Å². The van der Waals surface area contributed by atoms with Crippen LogP contribution < -0.4 is 5.73 Å². The molecule has 2 N–H and O–H groups in total. The maximum Gasteiger partial charge on any atom is 0.0660 e. The van der Waals surface area contributed by atoms with Crippen LogP contribution in [0.2, 0.25) is 0 Å². The molecule has 0 aromatic rings. The molecule has 32 valence electrons. The Morgan fingerprint density at radius 1 is 2.00 bits per heavy atom. The van der Waals surface area contributed by atoms with Gasteiger partial charge in [-0.3, -0.25) is 0 Å². The maximum absolute atomic E-state index is 4.98. The molecule has 0 fully saturated rings. The van der Waals surface area contributed by atoms with Crippen molar-refractivity contribution in [2.24, 2.45) is 5.73 Å². The second-order valence-electron chi connectivity index (χ2n) is 0.451. The molecule has 0 atom stereocenters. The summed E-state index contributed by atoms with van der Waals surface area (Å²) in [5.74, 6) is 0.538. The largest absolute Gasteiger partial charge is 0.320 e. The van der Waals surface area contributed by atoms with Gasteiger partial charge in [0, 0.05) is 12.0 Å². The minimum absolute atomic E-state index is 0.538. The SMILES string of the molecule is COSCN. The van der Waals surface area contributed by atoms with Crippen LogP contribution in [0.1, 0.15) is 0 Å². The van der Waals surface area contributed by atoms with Crippen LogP contribution >= 0.6 is 12.0 Å². The van der Waals surface area contributed by atoms with Crippen LogP contribution in [0.4, 0.5) is 0 Å². The van der Waals surface area contributed by atoms with E-state index in [1.165, 1.54) is 12.0 Å². The lowest BCUT2D eigenvalue weighted by atomic mass is 11.6. The van der Waals surface area contributed by atoms with E-state index in [9.17, 15) is 0 Å². The summed E-state index contributed by atoms with van der Waals surface area (Å²) in [4.78, 5) is 0. The summed E-state index contributed by atoms with van der Waals surface area (Å²) < 4.78 is 4.48. The molecule has 0 amide bonds. The van der Waals surface area contributed by atoms with E-state index in [-0.39, 0.29) is 0 Å². The van der Waals surface area contributed by atoms with Crippen molar-refractivity contribution in [1.82, 2.24) is 0 Å². The van der Waals surface area contributed by atoms with Gasteiger partial charge in [0.15, 0.2) is 0 Å². The zero-order chi connectivity index (χ0) is 4.12. The lowest BCUT2D eigenvalue weighted by Gasteiger charge is -1.83. The van der Waals surface area contributed by atoms with Crippen LogP contribution in [0.15, 0.2) is 0 Å². The van der Waals surface area contributed by atoms with Crippen LogP contribution in [-0.2, 0) is 4.18 Å². The van der Waals surface area contributed by atoms with Crippen molar-refractivity contribution < 1.29 is 4.18 Å². The highest BCUT2D eigenvalue weighted by molar-refractivity contribution is 7.94. The van der Waals surface area contributed by atoms with Crippen molar-refractivity contribution in [3.8, 4) is 0 Å². The van der Waals surface area contributed by atoms with E-state index in [0.29, 0.717) is 5.88 Å². The van der Waals surface area contributed by atoms with Crippen molar-refractivity contribution in [2.45, 2.75) is 0 Å². The molecule has 0 aromatic heterocycles. The van der Waals surface area contributed by atoms with Crippen molar-refractivity contribution in [2.75, 3.05) is 13.0 Å². The smallest absolute Gasteiger partial charge is 0.0660 e. The van der Waals surface area contributed by atoms with E-state index in [2.05, 4.69) is 4.18 Å². The Labute approximate surface area is 35.9 Å². The molecular formula is C2H7NOS. The van der Waals surface area contributed by atoms with E-state index in [1.807, 2.05) is 0 Å². The molecule has 0 saturated carbocycles. The quantitative estimate of drug-likeness (QED) is 0.391. The normalized spacial score (nSPS) is 8.40. The molecule has 0 bridgehead atoms. The number of hydrogen-bond donors (Lipinski definition) is 1. The summed E-state index contributed by atoms with van der Waals surface area (Å²) in [6.07, 6.45) is 0. The molecule has 2 nitrogen and oxygen atoms in total. The zero-order valence-corrected chi connectivity index (χ0v) is 3.92. The van der Waals surface area contributed by atoms with Gasteiger partial charge in [0.25, 0.3) is 0 Å². The third-order valence-electron chi connectivity index (χ3n) is 0.186. The monoisotopic (exact) mass is 93.0 g/mol. The van der Waals surface area contributed by atoms with Gasteiger partial charge in [0.1, 0.15) is 0 Å². The average molecular weight is 93.2 g/mol.